The highest BCUT2D eigenvalue weighted by atomic mass is 19.1. The summed E-state index contributed by atoms with van der Waals surface area (Å²) in [5, 5.41) is 11.0. The van der Waals surface area contributed by atoms with Crippen LogP contribution in [0.25, 0.3) is 0 Å². The number of hydrogen-bond acceptors (Lipinski definition) is 2. The molecule has 5 nitrogen and oxygen atoms in total. The fourth-order valence-electron chi connectivity index (χ4n) is 2.35. The zero-order valence-corrected chi connectivity index (χ0v) is 14.2. The second-order valence-corrected chi connectivity index (χ2v) is 5.45. The Bertz CT molecular complexity index is 673. The van der Waals surface area contributed by atoms with E-state index in [-0.39, 0.29) is 5.82 Å². The molecule has 0 amide bonds. The molecule has 2 N–H and O–H groups in total. The summed E-state index contributed by atoms with van der Waals surface area (Å²) in [6.07, 6.45) is 0. The first kappa shape index (κ1) is 17.0. The van der Waals surface area contributed by atoms with Crippen molar-refractivity contribution in [3.63, 3.8) is 0 Å². The van der Waals surface area contributed by atoms with Gasteiger partial charge in [-0.15, -0.1) is 0 Å². The van der Waals surface area contributed by atoms with Gasteiger partial charge in [-0.2, -0.15) is 5.10 Å². The number of benzene rings is 1. The van der Waals surface area contributed by atoms with E-state index in [2.05, 4.69) is 27.6 Å². The van der Waals surface area contributed by atoms with Gasteiger partial charge in [0.15, 0.2) is 5.96 Å². The SMILES string of the molecule is CCNC(=NCc1ccc(F)cc1)NCc1c(C)nn(C)c1C. The Morgan fingerprint density at radius 3 is 2.48 bits per heavy atom. The Balaban J connectivity index is 2.03. The van der Waals surface area contributed by atoms with Crippen LogP contribution in [0.15, 0.2) is 29.3 Å². The van der Waals surface area contributed by atoms with Crippen molar-refractivity contribution in [2.45, 2.75) is 33.9 Å². The summed E-state index contributed by atoms with van der Waals surface area (Å²) in [5.74, 6) is 0.504. The Hall–Kier alpha value is -2.37. The molecule has 0 aliphatic rings. The quantitative estimate of drug-likeness (QED) is 0.658. The van der Waals surface area contributed by atoms with E-state index in [0.29, 0.717) is 13.1 Å². The number of hydrogen-bond donors (Lipinski definition) is 2. The lowest BCUT2D eigenvalue weighted by atomic mass is 10.2. The van der Waals surface area contributed by atoms with E-state index < -0.39 is 0 Å². The number of nitrogens with zero attached hydrogens (tertiary/aromatic N) is 3. The number of aromatic nitrogens is 2. The summed E-state index contributed by atoms with van der Waals surface area (Å²) in [4.78, 5) is 4.54. The average molecular weight is 317 g/mol. The summed E-state index contributed by atoms with van der Waals surface area (Å²) in [6, 6.07) is 6.40. The fourth-order valence-corrected chi connectivity index (χ4v) is 2.35. The second kappa shape index (κ2) is 7.76. The van der Waals surface area contributed by atoms with Crippen LogP contribution < -0.4 is 10.6 Å². The zero-order chi connectivity index (χ0) is 16.8. The van der Waals surface area contributed by atoms with Crippen LogP contribution in [-0.4, -0.2) is 22.3 Å². The highest BCUT2D eigenvalue weighted by molar-refractivity contribution is 5.79. The molecule has 0 atom stereocenters. The lowest BCUT2D eigenvalue weighted by Gasteiger charge is -2.11. The van der Waals surface area contributed by atoms with Crippen LogP contribution >= 0.6 is 0 Å². The van der Waals surface area contributed by atoms with Crippen LogP contribution in [0, 0.1) is 19.7 Å². The molecule has 1 heterocycles. The maximum Gasteiger partial charge on any atom is 0.191 e. The standard InChI is InChI=1S/C17H24FN5/c1-5-19-17(20-10-14-6-8-15(18)9-7-14)21-11-16-12(2)22-23(4)13(16)3/h6-9H,5,10-11H2,1-4H3,(H2,19,20,21). The smallest absolute Gasteiger partial charge is 0.191 e. The Morgan fingerprint density at radius 1 is 1.22 bits per heavy atom. The molecule has 124 valence electrons. The number of aryl methyl sites for hydroxylation is 2. The Kier molecular flexibility index (Phi) is 5.73. The summed E-state index contributed by atoms with van der Waals surface area (Å²) in [6.45, 7) is 8.03. The molecule has 0 radical (unpaired) electrons. The van der Waals surface area contributed by atoms with Gasteiger partial charge in [-0.05, 0) is 38.5 Å². The van der Waals surface area contributed by atoms with Gasteiger partial charge in [-0.1, -0.05) is 12.1 Å². The van der Waals surface area contributed by atoms with Crippen molar-refractivity contribution in [1.29, 1.82) is 0 Å². The summed E-state index contributed by atoms with van der Waals surface area (Å²) in [7, 11) is 1.94. The number of nitrogens with one attached hydrogen (secondary N) is 2. The minimum atomic E-state index is -0.231. The maximum atomic E-state index is 12.9. The van der Waals surface area contributed by atoms with E-state index >= 15 is 0 Å². The third-order valence-electron chi connectivity index (χ3n) is 3.77. The minimum absolute atomic E-state index is 0.231. The van der Waals surface area contributed by atoms with Gasteiger partial charge in [0.1, 0.15) is 5.82 Å². The molecule has 23 heavy (non-hydrogen) atoms. The molecule has 0 saturated heterocycles. The molecular weight excluding hydrogens is 293 g/mol. The van der Waals surface area contributed by atoms with Crippen LogP contribution in [0.1, 0.15) is 29.4 Å². The highest BCUT2D eigenvalue weighted by Gasteiger charge is 2.09. The van der Waals surface area contributed by atoms with E-state index in [1.165, 1.54) is 17.7 Å². The largest absolute Gasteiger partial charge is 0.357 e. The molecule has 2 aromatic rings. The number of aliphatic imine (C=N–C) groups is 1. The normalized spacial score (nSPS) is 11.6. The molecule has 0 unspecified atom stereocenters. The van der Waals surface area contributed by atoms with Crippen LogP contribution in [0.2, 0.25) is 0 Å². The van der Waals surface area contributed by atoms with Crippen molar-refractivity contribution in [2.75, 3.05) is 6.54 Å². The van der Waals surface area contributed by atoms with Gasteiger partial charge < -0.3 is 10.6 Å². The molecule has 0 aliphatic carbocycles. The van der Waals surface area contributed by atoms with Gasteiger partial charge in [-0.25, -0.2) is 9.38 Å². The topological polar surface area (TPSA) is 54.2 Å². The first-order chi connectivity index (χ1) is 11.0. The average Bonchev–Trinajstić information content (AvgIpc) is 2.77. The minimum Gasteiger partial charge on any atom is -0.357 e. The summed E-state index contributed by atoms with van der Waals surface area (Å²) < 4.78 is 14.8. The molecule has 0 bridgehead atoms. The molecule has 2 rings (SSSR count). The Morgan fingerprint density at radius 2 is 1.91 bits per heavy atom. The van der Waals surface area contributed by atoms with E-state index in [1.54, 1.807) is 12.1 Å². The summed E-state index contributed by atoms with van der Waals surface area (Å²) in [5.41, 5.74) is 4.31. The van der Waals surface area contributed by atoms with Crippen molar-refractivity contribution < 1.29 is 4.39 Å². The monoisotopic (exact) mass is 317 g/mol. The van der Waals surface area contributed by atoms with Gasteiger partial charge in [0.2, 0.25) is 0 Å². The number of halogens is 1. The Labute approximate surface area is 136 Å². The molecule has 6 heteroatoms. The van der Waals surface area contributed by atoms with E-state index in [0.717, 1.165) is 29.5 Å². The lowest BCUT2D eigenvalue weighted by molar-refractivity contribution is 0.627. The number of guanidine groups is 1. The van der Waals surface area contributed by atoms with Gasteiger partial charge in [0, 0.05) is 31.4 Å². The van der Waals surface area contributed by atoms with Gasteiger partial charge in [0.25, 0.3) is 0 Å². The van der Waals surface area contributed by atoms with E-state index in [4.69, 9.17) is 0 Å². The molecule has 0 aliphatic heterocycles. The third-order valence-corrected chi connectivity index (χ3v) is 3.77. The van der Waals surface area contributed by atoms with Crippen LogP contribution in [0.4, 0.5) is 4.39 Å². The second-order valence-electron chi connectivity index (χ2n) is 5.45. The van der Waals surface area contributed by atoms with E-state index in [1.807, 2.05) is 25.6 Å². The fraction of sp³-hybridized carbons (Fsp3) is 0.412. The van der Waals surface area contributed by atoms with Crippen molar-refractivity contribution in [1.82, 2.24) is 20.4 Å². The van der Waals surface area contributed by atoms with E-state index in [9.17, 15) is 4.39 Å². The number of rotatable bonds is 5. The van der Waals surface area contributed by atoms with Gasteiger partial charge in [-0.3, -0.25) is 4.68 Å². The summed E-state index contributed by atoms with van der Waals surface area (Å²) >= 11 is 0. The van der Waals surface area contributed by atoms with Crippen molar-refractivity contribution in [2.24, 2.45) is 12.0 Å². The first-order valence-corrected chi connectivity index (χ1v) is 7.77. The van der Waals surface area contributed by atoms with Gasteiger partial charge in [0.05, 0.1) is 12.2 Å². The van der Waals surface area contributed by atoms with Crippen molar-refractivity contribution in [3.8, 4) is 0 Å². The third kappa shape index (κ3) is 4.55. The molecule has 0 saturated carbocycles. The highest BCUT2D eigenvalue weighted by Crippen LogP contribution is 2.11. The molecule has 1 aromatic heterocycles. The van der Waals surface area contributed by atoms with Crippen LogP contribution in [-0.2, 0) is 20.1 Å². The van der Waals surface area contributed by atoms with Crippen LogP contribution in [0.5, 0.6) is 0 Å². The maximum absolute atomic E-state index is 12.9. The van der Waals surface area contributed by atoms with Gasteiger partial charge >= 0.3 is 0 Å². The predicted molar refractivity (Wildman–Crippen MR) is 90.7 cm³/mol. The van der Waals surface area contributed by atoms with Crippen molar-refractivity contribution in [3.05, 3.63) is 52.6 Å². The predicted octanol–water partition coefficient (Wildman–Crippen LogP) is 2.43. The molecular formula is C17H24FN5. The molecule has 0 fully saturated rings. The van der Waals surface area contributed by atoms with Crippen LogP contribution in [0.3, 0.4) is 0 Å². The lowest BCUT2D eigenvalue weighted by Crippen LogP contribution is -2.37. The first-order valence-electron chi connectivity index (χ1n) is 7.77. The molecule has 0 spiro atoms. The molecule has 1 aromatic carbocycles. The zero-order valence-electron chi connectivity index (χ0n) is 14.2. The van der Waals surface area contributed by atoms with Crippen molar-refractivity contribution >= 4 is 5.96 Å².